The van der Waals surface area contributed by atoms with Gasteiger partial charge in [-0.3, -0.25) is 13.8 Å². The summed E-state index contributed by atoms with van der Waals surface area (Å²) in [6.45, 7) is 16.1. The van der Waals surface area contributed by atoms with Gasteiger partial charge in [-0.1, -0.05) is 12.1 Å². The molecular formula is C36H27F8N4NaO8S2. The van der Waals surface area contributed by atoms with Crippen LogP contribution >= 0.6 is 0 Å². The summed E-state index contributed by atoms with van der Waals surface area (Å²) < 4.78 is 152. The standard InChI is InChI=1S/C18H14F4N2O4S.C12H9F3N2O2.C6H5FO2S.Na/c1-17(26,10-29(27,28)13-6-3-11(19)4-7-13)16(25)24-12-5-8-15(23-2)14(9-12)18(20,21)22;1-11(6-19-11)10(18)17-7-3-4-9(16-2)8(5-7)12(13,14)15;7-5-1-3-6(4-2-5)10(8)9;/h3-9,26H,10H2,1H3,(H,24,25);3-5H,6H2,1H3,(H,17,18);1-4H,(H,8,9);/q;;;+1/p-1. The number of sulfone groups is 1. The van der Waals surface area contributed by atoms with Gasteiger partial charge < -0.3 is 25.0 Å². The number of ether oxygens (including phenoxy) is 1. The van der Waals surface area contributed by atoms with Crippen molar-refractivity contribution in [2.24, 2.45) is 0 Å². The average molecular weight is 883 g/mol. The van der Waals surface area contributed by atoms with Gasteiger partial charge in [-0.25, -0.2) is 26.9 Å². The van der Waals surface area contributed by atoms with E-state index in [1.54, 1.807) is 6.92 Å². The van der Waals surface area contributed by atoms with Crippen LogP contribution in [0.2, 0.25) is 0 Å². The second kappa shape index (κ2) is 20.0. The van der Waals surface area contributed by atoms with E-state index in [9.17, 15) is 67.0 Å². The van der Waals surface area contributed by atoms with Crippen molar-refractivity contribution in [2.75, 3.05) is 23.0 Å². The van der Waals surface area contributed by atoms with E-state index in [2.05, 4.69) is 15.0 Å². The minimum absolute atomic E-state index is 0. The first kappa shape index (κ1) is 50.4. The Morgan fingerprint density at radius 1 is 0.831 bits per heavy atom. The average Bonchev–Trinajstić information content (AvgIpc) is 3.89. The van der Waals surface area contributed by atoms with Crippen molar-refractivity contribution in [3.63, 3.8) is 0 Å². The molecule has 1 saturated heterocycles. The number of epoxide rings is 1. The zero-order valence-corrected chi connectivity index (χ0v) is 34.2. The molecule has 0 aromatic heterocycles. The number of hydrogen-bond donors (Lipinski definition) is 3. The SMILES string of the molecule is O=S([O-])c1ccc(F)cc1.[C-]#[N+]c1ccc(NC(=O)C(C)(O)CS(=O)(=O)c2ccc(F)cc2)cc1C(F)(F)F.[C-]#[N+]c1ccc(NC(=O)C2(C)CO2)cc1C(F)(F)F.[Na+]. The number of halogens is 8. The molecule has 1 heterocycles. The van der Waals surface area contributed by atoms with E-state index in [0.717, 1.165) is 67.6 Å². The number of aliphatic hydroxyl groups is 1. The van der Waals surface area contributed by atoms with Crippen molar-refractivity contribution in [3.8, 4) is 0 Å². The summed E-state index contributed by atoms with van der Waals surface area (Å²) in [6, 6.07) is 13.7. The Bertz CT molecular complexity index is 2380. The van der Waals surface area contributed by atoms with Crippen LogP contribution in [0.1, 0.15) is 25.0 Å². The van der Waals surface area contributed by atoms with Gasteiger partial charge in [0.2, 0.25) is 0 Å². The molecule has 3 atom stereocenters. The molecule has 1 aliphatic rings. The van der Waals surface area contributed by atoms with E-state index in [4.69, 9.17) is 17.9 Å². The molecule has 308 valence electrons. The van der Waals surface area contributed by atoms with Crippen LogP contribution in [-0.2, 0) is 47.6 Å². The zero-order chi connectivity index (χ0) is 43.9. The first-order chi connectivity index (χ1) is 26.7. The Morgan fingerprint density at radius 2 is 1.24 bits per heavy atom. The third kappa shape index (κ3) is 14.5. The van der Waals surface area contributed by atoms with E-state index < -0.39 is 96.2 Å². The third-order valence-electron chi connectivity index (χ3n) is 7.56. The van der Waals surface area contributed by atoms with Crippen molar-refractivity contribution < 1.29 is 101 Å². The van der Waals surface area contributed by atoms with Gasteiger partial charge in [-0.2, -0.15) is 26.3 Å². The van der Waals surface area contributed by atoms with Crippen LogP contribution in [0.15, 0.2) is 94.7 Å². The van der Waals surface area contributed by atoms with Crippen molar-refractivity contribution in [3.05, 3.63) is 131 Å². The molecule has 23 heteroatoms. The van der Waals surface area contributed by atoms with E-state index >= 15 is 0 Å². The fraction of sp³-hybridized carbons (Fsp3) is 0.222. The normalized spacial score (nSPS) is 16.0. The fourth-order valence-electron chi connectivity index (χ4n) is 4.35. The summed E-state index contributed by atoms with van der Waals surface area (Å²) in [7, 11) is -4.21. The first-order valence-corrected chi connectivity index (χ1v) is 18.4. The number of rotatable bonds is 8. The van der Waals surface area contributed by atoms with Gasteiger partial charge >= 0.3 is 41.9 Å². The third-order valence-corrected chi connectivity index (χ3v) is 10.1. The number of anilines is 2. The molecule has 0 aliphatic carbocycles. The van der Waals surface area contributed by atoms with Crippen LogP contribution < -0.4 is 40.2 Å². The molecule has 1 aliphatic heterocycles. The largest absolute Gasteiger partial charge is 1.00 e. The number of amides is 2. The van der Waals surface area contributed by atoms with Crippen LogP contribution in [0.3, 0.4) is 0 Å². The molecule has 4 aromatic carbocycles. The Morgan fingerprint density at radius 3 is 1.61 bits per heavy atom. The van der Waals surface area contributed by atoms with Gasteiger partial charge in [-0.05, 0) is 97.7 Å². The number of carbonyl (C=O) groups excluding carboxylic acids is 2. The first-order valence-electron chi connectivity index (χ1n) is 15.7. The van der Waals surface area contributed by atoms with Crippen molar-refractivity contribution in [2.45, 2.75) is 47.2 Å². The van der Waals surface area contributed by atoms with Crippen LogP contribution in [0, 0.1) is 24.8 Å². The number of carbonyl (C=O) groups is 2. The van der Waals surface area contributed by atoms with Crippen LogP contribution in [0.5, 0.6) is 0 Å². The molecule has 2 amide bonds. The molecule has 0 saturated carbocycles. The van der Waals surface area contributed by atoms with Gasteiger partial charge in [0, 0.05) is 16.3 Å². The van der Waals surface area contributed by atoms with Crippen molar-refractivity contribution in [1.82, 2.24) is 0 Å². The van der Waals surface area contributed by atoms with E-state index in [0.29, 0.717) is 6.07 Å². The smallest absolute Gasteiger partial charge is 0.768 e. The monoisotopic (exact) mass is 882 g/mol. The van der Waals surface area contributed by atoms with Gasteiger partial charge in [0.05, 0.1) is 41.5 Å². The molecule has 1 fully saturated rings. The van der Waals surface area contributed by atoms with Crippen molar-refractivity contribution >= 4 is 55.5 Å². The molecule has 0 radical (unpaired) electrons. The van der Waals surface area contributed by atoms with Gasteiger partial charge in [0.15, 0.2) is 32.4 Å². The fourth-order valence-corrected chi connectivity index (χ4v) is 6.30. The van der Waals surface area contributed by atoms with Crippen LogP contribution in [-0.4, -0.2) is 57.7 Å². The van der Waals surface area contributed by atoms with Gasteiger partial charge in [0.25, 0.3) is 11.8 Å². The van der Waals surface area contributed by atoms with Gasteiger partial charge in [-0.15, -0.1) is 0 Å². The van der Waals surface area contributed by atoms with E-state index in [1.165, 1.54) is 18.2 Å². The summed E-state index contributed by atoms with van der Waals surface area (Å²) in [4.78, 5) is 29.2. The number of hydrogen-bond acceptors (Lipinski definition) is 8. The van der Waals surface area contributed by atoms with Gasteiger partial charge in [0.1, 0.15) is 11.6 Å². The van der Waals surface area contributed by atoms with Crippen molar-refractivity contribution in [1.29, 1.82) is 0 Å². The predicted molar refractivity (Wildman–Crippen MR) is 190 cm³/mol. The van der Waals surface area contributed by atoms with E-state index in [-0.39, 0.29) is 57.3 Å². The molecule has 3 N–H and O–H groups in total. The molecule has 0 spiro atoms. The number of alkyl halides is 6. The summed E-state index contributed by atoms with van der Waals surface area (Å²) >= 11 is -2.25. The maximum absolute atomic E-state index is 13.0. The van der Waals surface area contributed by atoms with Crippen LogP contribution in [0.25, 0.3) is 9.69 Å². The number of nitrogens with one attached hydrogen (secondary N) is 2. The number of benzene rings is 4. The number of nitrogens with zero attached hydrogens (tertiary/aromatic N) is 2. The summed E-state index contributed by atoms with van der Waals surface area (Å²) in [6.07, 6.45) is -9.49. The summed E-state index contributed by atoms with van der Waals surface area (Å²) in [5, 5.41) is 14.6. The molecule has 0 bridgehead atoms. The zero-order valence-electron chi connectivity index (χ0n) is 30.5. The Labute approximate surface area is 355 Å². The summed E-state index contributed by atoms with van der Waals surface area (Å²) in [5.41, 5.74) is -7.40. The molecule has 3 unspecified atom stereocenters. The summed E-state index contributed by atoms with van der Waals surface area (Å²) in [5.74, 6) is -3.99. The second-order valence-electron chi connectivity index (χ2n) is 12.3. The maximum atomic E-state index is 13.0. The predicted octanol–water partition coefficient (Wildman–Crippen LogP) is 4.61. The Hall–Kier alpha value is -4.78. The minimum Gasteiger partial charge on any atom is -0.768 e. The Kier molecular flexibility index (Phi) is 17.1. The topological polar surface area (TPSA) is 174 Å². The molecule has 12 nitrogen and oxygen atoms in total. The molecular weight excluding hydrogens is 856 g/mol. The van der Waals surface area contributed by atoms with Crippen LogP contribution in [0.4, 0.5) is 57.9 Å². The molecule has 4 aromatic rings. The Balaban J connectivity index is 0.000000341. The molecule has 59 heavy (non-hydrogen) atoms. The molecule has 5 rings (SSSR count). The van der Waals surface area contributed by atoms with E-state index in [1.807, 2.05) is 5.32 Å². The quantitative estimate of drug-likeness (QED) is 0.0575. The maximum Gasteiger partial charge on any atom is 1.00 e. The minimum atomic E-state index is -4.85. The second-order valence-corrected chi connectivity index (χ2v) is 15.2.